The Morgan fingerprint density at radius 3 is 2.93 bits per heavy atom. The lowest BCUT2D eigenvalue weighted by atomic mass is 9.82. The van der Waals surface area contributed by atoms with Gasteiger partial charge in [0, 0.05) is 24.4 Å². The zero-order chi connectivity index (χ0) is 20.0. The van der Waals surface area contributed by atoms with Gasteiger partial charge in [-0.2, -0.15) is 9.61 Å². The number of rotatable bonds is 3. The number of esters is 1. The summed E-state index contributed by atoms with van der Waals surface area (Å²) < 4.78 is 13.0. The van der Waals surface area contributed by atoms with Gasteiger partial charge in [0.25, 0.3) is 0 Å². The average molecular weight is 414 g/mol. The first-order chi connectivity index (χ1) is 14.1. The van der Waals surface area contributed by atoms with Gasteiger partial charge in [-0.1, -0.05) is 6.92 Å². The molecule has 152 valence electrons. The molecule has 1 spiro atoms. The molecule has 0 amide bonds. The third-order valence-electron chi connectivity index (χ3n) is 5.97. The van der Waals surface area contributed by atoms with Crippen molar-refractivity contribution in [2.45, 2.75) is 38.2 Å². The van der Waals surface area contributed by atoms with Crippen molar-refractivity contribution in [1.82, 2.24) is 19.8 Å². The molecular formula is C20H23N5O3S. The number of nitrogens with zero attached hydrogens (tertiary/aromatic N) is 5. The molecule has 3 aromatic rings. The molecule has 0 radical (unpaired) electrons. The van der Waals surface area contributed by atoms with Crippen molar-refractivity contribution in [2.75, 3.05) is 31.7 Å². The normalized spacial score (nSPS) is 18.2. The highest BCUT2D eigenvalue weighted by Gasteiger charge is 2.42. The summed E-state index contributed by atoms with van der Waals surface area (Å²) >= 11 is 1.54. The number of hydrogen-bond donors (Lipinski definition) is 0. The third kappa shape index (κ3) is 3.00. The molecule has 0 saturated carbocycles. The van der Waals surface area contributed by atoms with Crippen LogP contribution in [0, 0.1) is 0 Å². The lowest BCUT2D eigenvalue weighted by Crippen LogP contribution is -2.46. The van der Waals surface area contributed by atoms with Crippen LogP contribution >= 0.6 is 11.3 Å². The van der Waals surface area contributed by atoms with E-state index in [0.29, 0.717) is 11.5 Å². The zero-order valence-corrected chi connectivity index (χ0v) is 17.4. The SMILES string of the molecule is CCc1cc(N2CCC3(CC2)OCCc2sc(C(=O)OC)cc23)c2nncn2n1. The second kappa shape index (κ2) is 7.07. The van der Waals surface area contributed by atoms with Crippen LogP contribution in [0.4, 0.5) is 5.69 Å². The van der Waals surface area contributed by atoms with E-state index in [1.807, 2.05) is 6.07 Å². The van der Waals surface area contributed by atoms with E-state index in [0.717, 1.165) is 55.8 Å². The van der Waals surface area contributed by atoms with Crippen LogP contribution in [-0.4, -0.2) is 52.6 Å². The molecule has 0 aromatic carbocycles. The molecule has 2 aliphatic rings. The van der Waals surface area contributed by atoms with E-state index in [1.54, 1.807) is 22.2 Å². The molecule has 8 nitrogen and oxygen atoms in total. The van der Waals surface area contributed by atoms with Crippen molar-refractivity contribution >= 4 is 28.6 Å². The van der Waals surface area contributed by atoms with Crippen LogP contribution < -0.4 is 4.90 Å². The number of aryl methyl sites for hydroxylation is 1. The summed E-state index contributed by atoms with van der Waals surface area (Å²) in [4.78, 5) is 16.3. The Morgan fingerprint density at radius 2 is 2.17 bits per heavy atom. The molecule has 1 fully saturated rings. The van der Waals surface area contributed by atoms with Gasteiger partial charge in [-0.3, -0.25) is 0 Å². The third-order valence-corrected chi connectivity index (χ3v) is 7.14. The molecule has 0 aliphatic carbocycles. The van der Waals surface area contributed by atoms with Crippen LogP contribution in [0.15, 0.2) is 18.5 Å². The summed E-state index contributed by atoms with van der Waals surface area (Å²) in [7, 11) is 1.43. The van der Waals surface area contributed by atoms with E-state index >= 15 is 0 Å². The van der Waals surface area contributed by atoms with Gasteiger partial charge in [0.2, 0.25) is 5.65 Å². The Bertz CT molecular complexity index is 1070. The number of carbonyl (C=O) groups is 1. The number of fused-ring (bicyclic) bond motifs is 3. The molecular weight excluding hydrogens is 390 g/mol. The van der Waals surface area contributed by atoms with Gasteiger partial charge in [0.1, 0.15) is 11.2 Å². The maximum absolute atomic E-state index is 12.0. The number of ether oxygens (including phenoxy) is 2. The predicted octanol–water partition coefficient (Wildman–Crippen LogP) is 2.60. The minimum Gasteiger partial charge on any atom is -0.465 e. The molecule has 29 heavy (non-hydrogen) atoms. The Balaban J connectivity index is 1.44. The van der Waals surface area contributed by atoms with E-state index in [9.17, 15) is 4.79 Å². The largest absolute Gasteiger partial charge is 0.465 e. The smallest absolute Gasteiger partial charge is 0.348 e. The van der Waals surface area contributed by atoms with Crippen LogP contribution in [0.3, 0.4) is 0 Å². The van der Waals surface area contributed by atoms with Gasteiger partial charge in [0.15, 0.2) is 0 Å². The van der Waals surface area contributed by atoms with Gasteiger partial charge in [-0.05, 0) is 37.0 Å². The molecule has 0 N–H and O–H groups in total. The van der Waals surface area contributed by atoms with Gasteiger partial charge >= 0.3 is 5.97 Å². The molecule has 2 aliphatic heterocycles. The maximum atomic E-state index is 12.0. The summed E-state index contributed by atoms with van der Waals surface area (Å²) in [5.41, 5.74) is 3.72. The standard InChI is InChI=1S/C20H23N5O3S/c1-3-13-10-15(18-22-21-12-25(18)23-13)24-7-5-20(6-8-24)14-11-17(19(26)27-2)29-16(14)4-9-28-20/h10-12H,3-9H2,1-2H3. The van der Waals surface area contributed by atoms with Gasteiger partial charge in [0.05, 0.1) is 30.7 Å². The number of carbonyl (C=O) groups excluding carboxylic acids is 1. The van der Waals surface area contributed by atoms with Gasteiger partial charge in [-0.25, -0.2) is 4.79 Å². The minimum absolute atomic E-state index is 0.268. The summed E-state index contributed by atoms with van der Waals surface area (Å²) in [6.07, 6.45) is 5.09. The van der Waals surface area contributed by atoms with Crippen LogP contribution in [0.2, 0.25) is 0 Å². The quantitative estimate of drug-likeness (QED) is 0.611. The average Bonchev–Trinajstić information content (AvgIpc) is 3.41. The van der Waals surface area contributed by atoms with Crippen LogP contribution in [0.25, 0.3) is 5.65 Å². The summed E-state index contributed by atoms with van der Waals surface area (Å²) in [5.74, 6) is -0.268. The highest BCUT2D eigenvalue weighted by Crippen LogP contribution is 2.45. The first kappa shape index (κ1) is 18.5. The van der Waals surface area contributed by atoms with Crippen LogP contribution in [0.5, 0.6) is 0 Å². The van der Waals surface area contributed by atoms with Crippen molar-refractivity contribution < 1.29 is 14.3 Å². The summed E-state index contributed by atoms with van der Waals surface area (Å²) in [6.45, 7) is 4.48. The molecule has 0 atom stereocenters. The fourth-order valence-electron chi connectivity index (χ4n) is 4.41. The highest BCUT2D eigenvalue weighted by molar-refractivity contribution is 7.14. The molecule has 5 heterocycles. The summed E-state index contributed by atoms with van der Waals surface area (Å²) in [5, 5.41) is 12.8. The predicted molar refractivity (Wildman–Crippen MR) is 109 cm³/mol. The van der Waals surface area contributed by atoms with Crippen LogP contribution in [-0.2, 0) is 27.9 Å². The zero-order valence-electron chi connectivity index (χ0n) is 16.6. The molecule has 0 bridgehead atoms. The van der Waals surface area contributed by atoms with Crippen molar-refractivity contribution in [3.05, 3.63) is 39.5 Å². The number of hydrogen-bond acceptors (Lipinski definition) is 8. The molecule has 0 unspecified atom stereocenters. The van der Waals surface area contributed by atoms with Crippen molar-refractivity contribution in [3.63, 3.8) is 0 Å². The number of thiophene rings is 1. The van der Waals surface area contributed by atoms with E-state index < -0.39 is 0 Å². The maximum Gasteiger partial charge on any atom is 0.348 e. The summed E-state index contributed by atoms with van der Waals surface area (Å²) in [6, 6.07) is 4.11. The number of anilines is 1. The monoisotopic (exact) mass is 413 g/mol. The minimum atomic E-state index is -0.322. The van der Waals surface area contributed by atoms with Crippen LogP contribution in [0.1, 0.15) is 45.6 Å². The first-order valence-electron chi connectivity index (χ1n) is 9.94. The second-order valence-electron chi connectivity index (χ2n) is 7.49. The molecule has 5 rings (SSSR count). The fraction of sp³-hybridized carbons (Fsp3) is 0.500. The Kier molecular flexibility index (Phi) is 4.51. The molecule has 1 saturated heterocycles. The topological polar surface area (TPSA) is 81.8 Å². The Hall–Kier alpha value is -2.52. The van der Waals surface area contributed by atoms with E-state index in [4.69, 9.17) is 9.47 Å². The highest BCUT2D eigenvalue weighted by atomic mass is 32.1. The van der Waals surface area contributed by atoms with Crippen molar-refractivity contribution in [1.29, 1.82) is 0 Å². The van der Waals surface area contributed by atoms with E-state index in [-0.39, 0.29) is 11.6 Å². The Labute approximate surface area is 172 Å². The van der Waals surface area contributed by atoms with Gasteiger partial charge in [-0.15, -0.1) is 21.5 Å². The van der Waals surface area contributed by atoms with E-state index in [2.05, 4.69) is 33.2 Å². The van der Waals surface area contributed by atoms with Crippen molar-refractivity contribution in [3.8, 4) is 0 Å². The number of aromatic nitrogens is 4. The number of piperidine rings is 1. The molecule has 9 heteroatoms. The number of methoxy groups -OCH3 is 1. The first-order valence-corrected chi connectivity index (χ1v) is 10.8. The Morgan fingerprint density at radius 1 is 1.34 bits per heavy atom. The second-order valence-corrected chi connectivity index (χ2v) is 8.63. The fourth-order valence-corrected chi connectivity index (χ4v) is 5.56. The van der Waals surface area contributed by atoms with E-state index in [1.165, 1.54) is 17.6 Å². The lowest BCUT2D eigenvalue weighted by Gasteiger charge is -2.44. The molecule has 3 aromatic heterocycles. The van der Waals surface area contributed by atoms with Gasteiger partial charge < -0.3 is 14.4 Å². The lowest BCUT2D eigenvalue weighted by molar-refractivity contribution is -0.0756. The van der Waals surface area contributed by atoms with Crippen molar-refractivity contribution in [2.24, 2.45) is 0 Å².